The summed E-state index contributed by atoms with van der Waals surface area (Å²) < 4.78 is 5.32. The third-order valence-electron chi connectivity index (χ3n) is 5.95. The fourth-order valence-corrected chi connectivity index (χ4v) is 3.98. The van der Waals surface area contributed by atoms with Gasteiger partial charge in [-0.25, -0.2) is 0 Å². The fraction of sp³-hybridized carbons (Fsp3) is 0.867. The molecule has 2 heterocycles. The number of amides is 2. The van der Waals surface area contributed by atoms with Crippen LogP contribution in [-0.2, 0) is 14.3 Å². The van der Waals surface area contributed by atoms with E-state index in [2.05, 4.69) is 18.7 Å². The second-order valence-corrected chi connectivity index (χ2v) is 7.09. The Morgan fingerprint density at radius 3 is 2.50 bits per heavy atom. The van der Waals surface area contributed by atoms with Crippen LogP contribution in [0.15, 0.2) is 0 Å². The molecular weight excluding hydrogens is 256 g/mol. The minimum Gasteiger partial charge on any atom is -0.379 e. The molecule has 3 rings (SSSR count). The number of imide groups is 1. The Bertz CT molecular complexity index is 442. The smallest absolute Gasteiger partial charge is 0.236 e. The highest BCUT2D eigenvalue weighted by Crippen LogP contribution is 2.59. The van der Waals surface area contributed by atoms with E-state index in [-0.39, 0.29) is 23.1 Å². The van der Waals surface area contributed by atoms with Crippen LogP contribution in [0.5, 0.6) is 0 Å². The molecule has 0 N–H and O–H groups in total. The molecule has 0 aromatic rings. The summed E-state index contributed by atoms with van der Waals surface area (Å²) in [5, 5.41) is 0. The van der Waals surface area contributed by atoms with E-state index >= 15 is 0 Å². The number of fused-ring (bicyclic) bond motifs is 2. The number of carbonyl (C=O) groups is 2. The molecule has 5 heteroatoms. The van der Waals surface area contributed by atoms with Gasteiger partial charge in [0, 0.05) is 19.0 Å². The quantitative estimate of drug-likeness (QED) is 0.710. The van der Waals surface area contributed by atoms with Gasteiger partial charge in [-0.2, -0.15) is 0 Å². The van der Waals surface area contributed by atoms with Crippen LogP contribution in [0.1, 0.15) is 33.6 Å². The number of piperidine rings is 1. The molecule has 5 nitrogen and oxygen atoms in total. The number of ether oxygens (including phenoxy) is 1. The molecule has 112 valence electrons. The van der Waals surface area contributed by atoms with Gasteiger partial charge in [-0.3, -0.25) is 19.4 Å². The van der Waals surface area contributed by atoms with E-state index in [1.165, 1.54) is 4.90 Å². The zero-order valence-corrected chi connectivity index (χ0v) is 12.6. The molecule has 3 aliphatic rings. The van der Waals surface area contributed by atoms with E-state index in [0.717, 1.165) is 25.9 Å². The normalized spacial score (nSPS) is 37.5. The van der Waals surface area contributed by atoms with Crippen LogP contribution in [0.3, 0.4) is 0 Å². The molecule has 0 spiro atoms. The van der Waals surface area contributed by atoms with Gasteiger partial charge in [-0.05, 0) is 18.3 Å². The maximum Gasteiger partial charge on any atom is 0.236 e. The number of nitrogens with zero attached hydrogens (tertiary/aromatic N) is 2. The summed E-state index contributed by atoms with van der Waals surface area (Å²) in [4.78, 5) is 29.2. The Morgan fingerprint density at radius 2 is 1.85 bits per heavy atom. The number of morpholine rings is 1. The molecule has 0 aromatic carbocycles. The van der Waals surface area contributed by atoms with Crippen molar-refractivity contribution in [3.63, 3.8) is 0 Å². The van der Waals surface area contributed by atoms with Gasteiger partial charge in [0.05, 0.1) is 25.3 Å². The summed E-state index contributed by atoms with van der Waals surface area (Å²) in [6.07, 6.45) is 1.67. The Hall–Kier alpha value is -0.940. The molecule has 2 atom stereocenters. The number of rotatable bonds is 2. The maximum absolute atomic E-state index is 12.9. The molecule has 0 aromatic heterocycles. The summed E-state index contributed by atoms with van der Waals surface area (Å²) in [5.41, 5.74) is -0.611. The van der Waals surface area contributed by atoms with Crippen LogP contribution in [0.2, 0.25) is 0 Å². The van der Waals surface area contributed by atoms with Crippen molar-refractivity contribution in [2.45, 2.75) is 33.6 Å². The van der Waals surface area contributed by atoms with Crippen molar-refractivity contribution < 1.29 is 14.3 Å². The van der Waals surface area contributed by atoms with Crippen LogP contribution in [0.25, 0.3) is 0 Å². The first kappa shape index (κ1) is 14.0. The van der Waals surface area contributed by atoms with E-state index in [9.17, 15) is 9.59 Å². The highest BCUT2D eigenvalue weighted by Gasteiger charge is 2.64. The summed E-state index contributed by atoms with van der Waals surface area (Å²) in [5.74, 6) is 0.0421. The first-order valence-electron chi connectivity index (χ1n) is 7.54. The van der Waals surface area contributed by atoms with E-state index in [1.807, 2.05) is 6.92 Å². The highest BCUT2D eigenvalue weighted by atomic mass is 16.5. The number of hydrogen-bond acceptors (Lipinski definition) is 4. The molecular formula is C15H24N2O3. The van der Waals surface area contributed by atoms with Crippen LogP contribution in [-0.4, -0.2) is 54.6 Å². The average molecular weight is 280 g/mol. The number of hydrogen-bond donors (Lipinski definition) is 0. The monoisotopic (exact) mass is 280 g/mol. The SMILES string of the molecule is CC1(C)[C@H]2CC[C@]1(C)C(=O)N(CN1CCOCC1)C2=O. The molecule has 1 aliphatic carbocycles. The molecule has 0 radical (unpaired) electrons. The third kappa shape index (κ3) is 1.76. The van der Waals surface area contributed by atoms with E-state index in [0.29, 0.717) is 19.9 Å². The molecule has 20 heavy (non-hydrogen) atoms. The lowest BCUT2D eigenvalue weighted by Crippen LogP contribution is -2.61. The predicted molar refractivity (Wildman–Crippen MR) is 73.7 cm³/mol. The van der Waals surface area contributed by atoms with Gasteiger partial charge >= 0.3 is 0 Å². The highest BCUT2D eigenvalue weighted by molar-refractivity contribution is 6.03. The Morgan fingerprint density at radius 1 is 1.20 bits per heavy atom. The summed E-state index contributed by atoms with van der Waals surface area (Å²) in [7, 11) is 0. The van der Waals surface area contributed by atoms with E-state index in [4.69, 9.17) is 4.74 Å². The first-order valence-corrected chi connectivity index (χ1v) is 7.54. The molecule has 1 saturated carbocycles. The second kappa shape index (κ2) is 4.53. The molecule has 0 unspecified atom stereocenters. The van der Waals surface area contributed by atoms with Gasteiger partial charge in [-0.15, -0.1) is 0 Å². The zero-order chi connectivity index (χ0) is 14.5. The van der Waals surface area contributed by atoms with Gasteiger partial charge in [0.2, 0.25) is 11.8 Å². The molecule has 2 amide bonds. The Labute approximate surface area is 120 Å². The second-order valence-electron chi connectivity index (χ2n) is 7.09. The van der Waals surface area contributed by atoms with Crippen LogP contribution < -0.4 is 0 Å². The summed E-state index contributed by atoms with van der Waals surface area (Å²) in [6.45, 7) is 9.57. The van der Waals surface area contributed by atoms with E-state index < -0.39 is 5.41 Å². The van der Waals surface area contributed by atoms with Crippen molar-refractivity contribution in [2.24, 2.45) is 16.7 Å². The van der Waals surface area contributed by atoms with Crippen molar-refractivity contribution in [1.82, 2.24) is 9.80 Å². The van der Waals surface area contributed by atoms with Gasteiger partial charge in [0.1, 0.15) is 0 Å². The summed E-state index contributed by atoms with van der Waals surface area (Å²) >= 11 is 0. The minimum atomic E-state index is -0.391. The van der Waals surface area contributed by atoms with Gasteiger partial charge in [0.15, 0.2) is 0 Å². The number of carbonyl (C=O) groups excluding carboxylic acids is 2. The minimum absolute atomic E-state index is 0.00811. The Kier molecular flexibility index (Phi) is 3.18. The van der Waals surface area contributed by atoms with Gasteiger partial charge in [0.25, 0.3) is 0 Å². The van der Waals surface area contributed by atoms with Crippen molar-refractivity contribution in [1.29, 1.82) is 0 Å². The molecule has 2 saturated heterocycles. The van der Waals surface area contributed by atoms with Gasteiger partial charge < -0.3 is 4.74 Å². The topological polar surface area (TPSA) is 49.9 Å². The lowest BCUT2D eigenvalue weighted by Gasteiger charge is -2.48. The van der Waals surface area contributed by atoms with Gasteiger partial charge in [-0.1, -0.05) is 20.8 Å². The molecule has 3 fully saturated rings. The standard InChI is InChI=1S/C15H24N2O3/c1-14(2)11-4-5-15(14,3)13(19)17(12(11)18)10-16-6-8-20-9-7-16/h11H,4-10H2,1-3H3/t11-,15+/m0/s1. The average Bonchev–Trinajstić information content (AvgIpc) is 2.61. The van der Waals surface area contributed by atoms with Crippen LogP contribution >= 0.6 is 0 Å². The number of likely N-dealkylation sites (tertiary alicyclic amines) is 1. The van der Waals surface area contributed by atoms with Crippen LogP contribution in [0, 0.1) is 16.7 Å². The Balaban J connectivity index is 1.83. The lowest BCUT2D eigenvalue weighted by atomic mass is 9.62. The largest absolute Gasteiger partial charge is 0.379 e. The molecule has 2 bridgehead atoms. The van der Waals surface area contributed by atoms with Crippen molar-refractivity contribution in [3.8, 4) is 0 Å². The van der Waals surface area contributed by atoms with Crippen molar-refractivity contribution in [2.75, 3.05) is 33.0 Å². The first-order chi connectivity index (χ1) is 9.38. The molecule has 2 aliphatic heterocycles. The van der Waals surface area contributed by atoms with E-state index in [1.54, 1.807) is 0 Å². The zero-order valence-electron chi connectivity index (χ0n) is 12.6. The maximum atomic E-state index is 12.9. The lowest BCUT2D eigenvalue weighted by molar-refractivity contribution is -0.171. The van der Waals surface area contributed by atoms with Crippen LogP contribution in [0.4, 0.5) is 0 Å². The van der Waals surface area contributed by atoms with Crippen molar-refractivity contribution in [3.05, 3.63) is 0 Å². The summed E-state index contributed by atoms with van der Waals surface area (Å²) in [6, 6.07) is 0. The van der Waals surface area contributed by atoms with Crippen molar-refractivity contribution >= 4 is 11.8 Å². The predicted octanol–water partition coefficient (Wildman–Crippen LogP) is 1.09. The third-order valence-corrected chi connectivity index (χ3v) is 5.95. The fourth-order valence-electron chi connectivity index (χ4n) is 3.98.